The number of anilines is 1. The molecule has 0 aromatic carbocycles. The SMILES string of the molecule is O=C(O)c1c[nH]c2nc(N3CCNCC3)c3c(c2c1=O)CCC3. The van der Waals surface area contributed by atoms with Crippen molar-refractivity contribution in [2.75, 3.05) is 31.1 Å². The predicted molar refractivity (Wildman–Crippen MR) is 86.4 cm³/mol. The Bertz CT molecular complexity index is 853. The van der Waals surface area contributed by atoms with Gasteiger partial charge in [-0.15, -0.1) is 0 Å². The van der Waals surface area contributed by atoms with Crippen LogP contribution in [0.5, 0.6) is 0 Å². The molecule has 1 aliphatic carbocycles. The van der Waals surface area contributed by atoms with Crippen LogP contribution in [0.1, 0.15) is 27.9 Å². The lowest BCUT2D eigenvalue weighted by Crippen LogP contribution is -2.44. The zero-order valence-electron chi connectivity index (χ0n) is 12.7. The molecule has 0 bridgehead atoms. The number of aryl methyl sites for hydroxylation is 1. The van der Waals surface area contributed by atoms with Gasteiger partial charge in [-0.05, 0) is 30.4 Å². The van der Waals surface area contributed by atoms with Gasteiger partial charge in [0.15, 0.2) is 0 Å². The number of carbonyl (C=O) groups is 1. The number of aromatic carboxylic acids is 1. The number of carboxylic acid groups (broad SMARTS) is 1. The third-order valence-electron chi connectivity index (χ3n) is 4.72. The molecule has 0 atom stereocenters. The van der Waals surface area contributed by atoms with E-state index < -0.39 is 11.4 Å². The average molecular weight is 314 g/mol. The van der Waals surface area contributed by atoms with Gasteiger partial charge in [-0.3, -0.25) is 4.79 Å². The summed E-state index contributed by atoms with van der Waals surface area (Å²) in [5, 5.41) is 13.0. The molecule has 2 aliphatic rings. The fourth-order valence-corrected chi connectivity index (χ4v) is 3.63. The lowest BCUT2D eigenvalue weighted by atomic mass is 10.0. The van der Waals surface area contributed by atoms with E-state index in [2.05, 4.69) is 20.2 Å². The highest BCUT2D eigenvalue weighted by Gasteiger charge is 2.26. The van der Waals surface area contributed by atoms with E-state index in [-0.39, 0.29) is 5.56 Å². The number of hydrogen-bond acceptors (Lipinski definition) is 5. The number of carboxylic acids is 1. The number of aromatic amines is 1. The van der Waals surface area contributed by atoms with Gasteiger partial charge >= 0.3 is 5.97 Å². The second kappa shape index (κ2) is 5.34. The number of aromatic nitrogens is 2. The van der Waals surface area contributed by atoms with Crippen molar-refractivity contribution < 1.29 is 9.90 Å². The molecule has 23 heavy (non-hydrogen) atoms. The molecule has 4 rings (SSSR count). The summed E-state index contributed by atoms with van der Waals surface area (Å²) >= 11 is 0. The summed E-state index contributed by atoms with van der Waals surface area (Å²) in [5.41, 5.74) is 1.95. The minimum atomic E-state index is -1.20. The van der Waals surface area contributed by atoms with E-state index in [1.165, 1.54) is 6.20 Å². The van der Waals surface area contributed by atoms with Crippen LogP contribution in [0.3, 0.4) is 0 Å². The molecule has 3 N–H and O–H groups in total. The smallest absolute Gasteiger partial charge is 0.341 e. The van der Waals surface area contributed by atoms with Crippen molar-refractivity contribution in [1.29, 1.82) is 0 Å². The van der Waals surface area contributed by atoms with Gasteiger partial charge in [0.2, 0.25) is 5.43 Å². The van der Waals surface area contributed by atoms with Crippen LogP contribution in [-0.4, -0.2) is 47.2 Å². The van der Waals surface area contributed by atoms with Crippen molar-refractivity contribution in [3.63, 3.8) is 0 Å². The zero-order valence-corrected chi connectivity index (χ0v) is 12.7. The summed E-state index contributed by atoms with van der Waals surface area (Å²) in [6, 6.07) is 0. The second-order valence-electron chi connectivity index (χ2n) is 6.04. The minimum absolute atomic E-state index is 0.219. The first kappa shape index (κ1) is 14.2. The van der Waals surface area contributed by atoms with E-state index in [1.54, 1.807) is 0 Å². The van der Waals surface area contributed by atoms with Crippen LogP contribution in [0.15, 0.2) is 11.0 Å². The number of H-pyrrole nitrogens is 1. The molecule has 0 amide bonds. The zero-order chi connectivity index (χ0) is 16.0. The molecule has 1 fully saturated rings. The summed E-state index contributed by atoms with van der Waals surface area (Å²) in [6.07, 6.45) is 3.93. The van der Waals surface area contributed by atoms with Crippen LogP contribution in [0, 0.1) is 0 Å². The number of pyridine rings is 2. The van der Waals surface area contributed by atoms with Crippen LogP contribution < -0.4 is 15.6 Å². The van der Waals surface area contributed by atoms with Gasteiger partial charge in [0.25, 0.3) is 0 Å². The van der Waals surface area contributed by atoms with E-state index in [0.717, 1.165) is 62.4 Å². The van der Waals surface area contributed by atoms with Crippen LogP contribution in [0.4, 0.5) is 5.82 Å². The Morgan fingerprint density at radius 1 is 1.22 bits per heavy atom. The number of nitrogens with zero attached hydrogens (tertiary/aromatic N) is 2. The molecule has 0 saturated carbocycles. The molecule has 1 aliphatic heterocycles. The molecule has 1 saturated heterocycles. The summed E-state index contributed by atoms with van der Waals surface area (Å²) in [7, 11) is 0. The van der Waals surface area contributed by atoms with Crippen molar-refractivity contribution in [3.8, 4) is 0 Å². The van der Waals surface area contributed by atoms with Crippen LogP contribution in [0.2, 0.25) is 0 Å². The molecule has 0 radical (unpaired) electrons. The van der Waals surface area contributed by atoms with Gasteiger partial charge in [-0.2, -0.15) is 0 Å². The molecule has 3 heterocycles. The van der Waals surface area contributed by atoms with Gasteiger partial charge < -0.3 is 20.3 Å². The van der Waals surface area contributed by atoms with E-state index in [1.807, 2.05) is 0 Å². The fourth-order valence-electron chi connectivity index (χ4n) is 3.63. The van der Waals surface area contributed by atoms with Gasteiger partial charge in [0, 0.05) is 32.4 Å². The molecule has 0 unspecified atom stereocenters. The summed E-state index contributed by atoms with van der Waals surface area (Å²) in [4.78, 5) is 33.6. The fraction of sp³-hybridized carbons (Fsp3) is 0.438. The van der Waals surface area contributed by atoms with Crippen molar-refractivity contribution in [3.05, 3.63) is 33.1 Å². The molecule has 7 nitrogen and oxygen atoms in total. The quantitative estimate of drug-likeness (QED) is 0.747. The highest BCUT2D eigenvalue weighted by Crippen LogP contribution is 2.33. The Balaban J connectivity index is 1.97. The average Bonchev–Trinajstić information content (AvgIpc) is 3.04. The van der Waals surface area contributed by atoms with Crippen LogP contribution in [0.25, 0.3) is 11.0 Å². The topological polar surface area (TPSA) is 98.3 Å². The lowest BCUT2D eigenvalue weighted by molar-refractivity contribution is 0.0695. The summed E-state index contributed by atoms with van der Waals surface area (Å²) < 4.78 is 0. The van der Waals surface area contributed by atoms with Crippen molar-refractivity contribution in [2.24, 2.45) is 0 Å². The monoisotopic (exact) mass is 314 g/mol. The molecule has 2 aromatic heterocycles. The van der Waals surface area contributed by atoms with Gasteiger partial charge in [-0.1, -0.05) is 0 Å². The first-order valence-electron chi connectivity index (χ1n) is 7.93. The minimum Gasteiger partial charge on any atom is -0.477 e. The van der Waals surface area contributed by atoms with Crippen LogP contribution in [-0.2, 0) is 12.8 Å². The number of fused-ring (bicyclic) bond motifs is 3. The van der Waals surface area contributed by atoms with Crippen molar-refractivity contribution >= 4 is 22.8 Å². The standard InChI is InChI=1S/C16H18N4O3/c21-13-11(16(22)23)8-18-14-12(13)9-2-1-3-10(9)15(19-14)20-6-4-17-5-7-20/h8,17H,1-7H2,(H,22,23)(H,18,19,21). The Morgan fingerprint density at radius 3 is 2.70 bits per heavy atom. The first-order chi connectivity index (χ1) is 11.2. The van der Waals surface area contributed by atoms with Gasteiger partial charge in [0.05, 0.1) is 5.39 Å². The second-order valence-corrected chi connectivity index (χ2v) is 6.04. The maximum atomic E-state index is 12.6. The largest absolute Gasteiger partial charge is 0.477 e. The van der Waals surface area contributed by atoms with Crippen molar-refractivity contribution in [2.45, 2.75) is 19.3 Å². The number of nitrogens with one attached hydrogen (secondary N) is 2. The van der Waals surface area contributed by atoms with Gasteiger partial charge in [-0.25, -0.2) is 9.78 Å². The lowest BCUT2D eigenvalue weighted by Gasteiger charge is -2.30. The molecule has 120 valence electrons. The van der Waals surface area contributed by atoms with E-state index >= 15 is 0 Å². The Labute approximate surface area is 132 Å². The molecular formula is C16H18N4O3. The number of piperazine rings is 1. The number of rotatable bonds is 2. The third kappa shape index (κ3) is 2.19. The molecular weight excluding hydrogens is 296 g/mol. The molecule has 7 heteroatoms. The summed E-state index contributed by atoms with van der Waals surface area (Å²) in [6.45, 7) is 3.62. The van der Waals surface area contributed by atoms with E-state index in [9.17, 15) is 14.7 Å². The predicted octanol–water partition coefficient (Wildman–Crippen LogP) is 0.520. The summed E-state index contributed by atoms with van der Waals surface area (Å²) in [5.74, 6) is -0.253. The van der Waals surface area contributed by atoms with E-state index in [0.29, 0.717) is 11.0 Å². The van der Waals surface area contributed by atoms with E-state index in [4.69, 9.17) is 0 Å². The Hall–Kier alpha value is -2.41. The first-order valence-corrected chi connectivity index (χ1v) is 7.93. The normalized spacial score (nSPS) is 17.5. The Kier molecular flexibility index (Phi) is 3.30. The highest BCUT2D eigenvalue weighted by molar-refractivity contribution is 5.93. The third-order valence-corrected chi connectivity index (χ3v) is 4.72. The molecule has 2 aromatic rings. The number of hydrogen-bond donors (Lipinski definition) is 3. The van der Waals surface area contributed by atoms with Crippen molar-refractivity contribution in [1.82, 2.24) is 15.3 Å². The van der Waals surface area contributed by atoms with Gasteiger partial charge in [0.1, 0.15) is 17.0 Å². The highest BCUT2D eigenvalue weighted by atomic mass is 16.4. The maximum Gasteiger partial charge on any atom is 0.341 e. The van der Waals surface area contributed by atoms with Crippen LogP contribution >= 0.6 is 0 Å². The molecule has 0 spiro atoms. The maximum absolute atomic E-state index is 12.6. The Morgan fingerprint density at radius 2 is 1.96 bits per heavy atom.